The van der Waals surface area contributed by atoms with Gasteiger partial charge in [-0.2, -0.15) is 0 Å². The summed E-state index contributed by atoms with van der Waals surface area (Å²) >= 11 is 0. The predicted molar refractivity (Wildman–Crippen MR) is 95.2 cm³/mol. The molecule has 0 radical (unpaired) electrons. The first-order valence-electron chi connectivity index (χ1n) is 8.23. The van der Waals surface area contributed by atoms with Crippen LogP contribution in [0.5, 0.6) is 0 Å². The van der Waals surface area contributed by atoms with E-state index in [2.05, 4.69) is 36.9 Å². The summed E-state index contributed by atoms with van der Waals surface area (Å²) in [6.07, 6.45) is 0. The van der Waals surface area contributed by atoms with Gasteiger partial charge in [-0.15, -0.1) is 0 Å². The van der Waals surface area contributed by atoms with Gasteiger partial charge >= 0.3 is 0 Å². The second-order valence-corrected chi connectivity index (χ2v) is 6.44. The Labute approximate surface area is 138 Å². The molecule has 0 aromatic heterocycles. The molecular weight excluding hydrogens is 284 g/mol. The van der Waals surface area contributed by atoms with Gasteiger partial charge in [0.15, 0.2) is 0 Å². The summed E-state index contributed by atoms with van der Waals surface area (Å²) in [5, 5.41) is 0. The van der Waals surface area contributed by atoms with Crippen LogP contribution < -0.4 is 4.90 Å². The van der Waals surface area contributed by atoms with E-state index in [-0.39, 0.29) is 5.91 Å². The van der Waals surface area contributed by atoms with E-state index in [1.807, 2.05) is 36.1 Å². The van der Waals surface area contributed by atoms with Gasteiger partial charge in [0.05, 0.1) is 0 Å². The number of nitrogens with zero attached hydrogens (tertiary/aromatic N) is 2. The van der Waals surface area contributed by atoms with Crippen molar-refractivity contribution in [1.82, 2.24) is 4.90 Å². The third-order valence-corrected chi connectivity index (χ3v) is 4.51. The highest BCUT2D eigenvalue weighted by molar-refractivity contribution is 5.95. The average Bonchev–Trinajstić information content (AvgIpc) is 2.54. The minimum Gasteiger partial charge on any atom is -0.368 e. The lowest BCUT2D eigenvalue weighted by Crippen LogP contribution is -2.49. The van der Waals surface area contributed by atoms with Crippen molar-refractivity contribution in [2.45, 2.75) is 20.8 Å². The summed E-state index contributed by atoms with van der Waals surface area (Å²) in [6, 6.07) is 14.5. The molecule has 1 saturated heterocycles. The fourth-order valence-corrected chi connectivity index (χ4v) is 3.28. The highest BCUT2D eigenvalue weighted by Gasteiger charge is 2.23. The van der Waals surface area contributed by atoms with Crippen LogP contribution in [0.4, 0.5) is 5.69 Å². The van der Waals surface area contributed by atoms with Crippen LogP contribution in [0.25, 0.3) is 0 Å². The number of aryl methyl sites for hydroxylation is 3. The molecule has 1 aliphatic heterocycles. The van der Waals surface area contributed by atoms with Gasteiger partial charge in [-0.1, -0.05) is 24.3 Å². The van der Waals surface area contributed by atoms with Crippen LogP contribution in [-0.2, 0) is 0 Å². The molecule has 3 nitrogen and oxygen atoms in total. The first-order chi connectivity index (χ1) is 11.0. The molecule has 120 valence electrons. The number of hydrogen-bond donors (Lipinski definition) is 0. The van der Waals surface area contributed by atoms with Crippen molar-refractivity contribution in [3.63, 3.8) is 0 Å². The van der Waals surface area contributed by atoms with Crippen LogP contribution >= 0.6 is 0 Å². The summed E-state index contributed by atoms with van der Waals surface area (Å²) in [4.78, 5) is 17.0. The Morgan fingerprint density at radius 2 is 1.48 bits per heavy atom. The van der Waals surface area contributed by atoms with E-state index in [1.54, 1.807) is 0 Å². The van der Waals surface area contributed by atoms with Gasteiger partial charge in [0, 0.05) is 37.4 Å². The average molecular weight is 308 g/mol. The molecule has 1 heterocycles. The van der Waals surface area contributed by atoms with Crippen LogP contribution in [0.3, 0.4) is 0 Å². The van der Waals surface area contributed by atoms with Crippen molar-refractivity contribution in [2.75, 3.05) is 31.1 Å². The molecular formula is C20H24N2O. The normalized spacial score (nSPS) is 14.9. The molecule has 2 aromatic carbocycles. The molecule has 0 saturated carbocycles. The molecule has 1 aliphatic rings. The number of rotatable bonds is 2. The predicted octanol–water partition coefficient (Wildman–Crippen LogP) is 3.57. The summed E-state index contributed by atoms with van der Waals surface area (Å²) < 4.78 is 0. The summed E-state index contributed by atoms with van der Waals surface area (Å²) in [6.45, 7) is 9.60. The standard InChI is InChI=1S/C20H24N2O/c1-15-12-16(2)14-18(13-15)21-8-10-22(11-9-21)20(23)19-7-5-4-6-17(19)3/h4-7,12-14H,8-11H2,1-3H3. The largest absolute Gasteiger partial charge is 0.368 e. The lowest BCUT2D eigenvalue weighted by atomic mass is 10.1. The molecule has 2 aromatic rings. The molecule has 3 rings (SSSR count). The maximum absolute atomic E-state index is 12.7. The zero-order valence-corrected chi connectivity index (χ0v) is 14.2. The summed E-state index contributed by atoms with van der Waals surface area (Å²) in [7, 11) is 0. The lowest BCUT2D eigenvalue weighted by Gasteiger charge is -2.36. The Balaban J connectivity index is 1.69. The number of anilines is 1. The quantitative estimate of drug-likeness (QED) is 0.846. The number of benzene rings is 2. The zero-order valence-electron chi connectivity index (χ0n) is 14.2. The number of carbonyl (C=O) groups excluding carboxylic acids is 1. The van der Waals surface area contributed by atoms with Gasteiger partial charge in [0.2, 0.25) is 0 Å². The maximum atomic E-state index is 12.7. The molecule has 0 unspecified atom stereocenters. The third kappa shape index (κ3) is 3.39. The molecule has 1 fully saturated rings. The van der Waals surface area contributed by atoms with E-state index in [0.717, 1.165) is 37.3 Å². The van der Waals surface area contributed by atoms with Crippen LogP contribution in [0, 0.1) is 20.8 Å². The summed E-state index contributed by atoms with van der Waals surface area (Å²) in [5.74, 6) is 0.156. The van der Waals surface area contributed by atoms with Gasteiger partial charge in [0.1, 0.15) is 0 Å². The van der Waals surface area contributed by atoms with Crippen molar-refractivity contribution >= 4 is 11.6 Å². The highest BCUT2D eigenvalue weighted by atomic mass is 16.2. The number of piperazine rings is 1. The van der Waals surface area contributed by atoms with Crippen LogP contribution in [0.15, 0.2) is 42.5 Å². The van der Waals surface area contributed by atoms with E-state index >= 15 is 0 Å². The topological polar surface area (TPSA) is 23.6 Å². The second-order valence-electron chi connectivity index (χ2n) is 6.44. The number of amides is 1. The molecule has 0 aliphatic carbocycles. The molecule has 0 N–H and O–H groups in total. The van der Waals surface area contributed by atoms with E-state index in [0.29, 0.717) is 0 Å². The van der Waals surface area contributed by atoms with Crippen molar-refractivity contribution in [3.8, 4) is 0 Å². The molecule has 23 heavy (non-hydrogen) atoms. The molecule has 3 heteroatoms. The zero-order chi connectivity index (χ0) is 16.4. The Morgan fingerprint density at radius 3 is 2.09 bits per heavy atom. The fraction of sp³-hybridized carbons (Fsp3) is 0.350. The van der Waals surface area contributed by atoms with Crippen LogP contribution in [-0.4, -0.2) is 37.0 Å². The smallest absolute Gasteiger partial charge is 0.254 e. The van der Waals surface area contributed by atoms with Crippen molar-refractivity contribution in [1.29, 1.82) is 0 Å². The molecule has 1 amide bonds. The third-order valence-electron chi connectivity index (χ3n) is 4.51. The SMILES string of the molecule is Cc1cc(C)cc(N2CCN(C(=O)c3ccccc3C)CC2)c1. The van der Waals surface area contributed by atoms with Crippen LogP contribution in [0.1, 0.15) is 27.0 Å². The highest BCUT2D eigenvalue weighted by Crippen LogP contribution is 2.21. The van der Waals surface area contributed by atoms with E-state index in [4.69, 9.17) is 0 Å². The second kappa shape index (κ2) is 6.45. The number of carbonyl (C=O) groups is 1. The monoisotopic (exact) mass is 308 g/mol. The molecule has 0 bridgehead atoms. The van der Waals surface area contributed by atoms with Crippen molar-refractivity contribution < 1.29 is 4.79 Å². The van der Waals surface area contributed by atoms with Crippen LogP contribution in [0.2, 0.25) is 0 Å². The molecule has 0 atom stereocenters. The van der Waals surface area contributed by atoms with Gasteiger partial charge in [-0.3, -0.25) is 4.79 Å². The van der Waals surface area contributed by atoms with Crippen molar-refractivity contribution in [3.05, 3.63) is 64.7 Å². The van der Waals surface area contributed by atoms with Crippen molar-refractivity contribution in [2.24, 2.45) is 0 Å². The molecule has 0 spiro atoms. The van der Waals surface area contributed by atoms with E-state index in [1.165, 1.54) is 16.8 Å². The van der Waals surface area contributed by atoms with E-state index in [9.17, 15) is 4.79 Å². The lowest BCUT2D eigenvalue weighted by molar-refractivity contribution is 0.0746. The fourth-order valence-electron chi connectivity index (χ4n) is 3.28. The van der Waals surface area contributed by atoms with Gasteiger partial charge in [-0.25, -0.2) is 0 Å². The first-order valence-corrected chi connectivity index (χ1v) is 8.23. The van der Waals surface area contributed by atoms with E-state index < -0.39 is 0 Å². The Kier molecular flexibility index (Phi) is 4.37. The first kappa shape index (κ1) is 15.6. The van der Waals surface area contributed by atoms with Gasteiger partial charge in [-0.05, 0) is 55.7 Å². The van der Waals surface area contributed by atoms with Gasteiger partial charge in [0.25, 0.3) is 5.91 Å². The minimum absolute atomic E-state index is 0.156. The Morgan fingerprint density at radius 1 is 0.870 bits per heavy atom. The Hall–Kier alpha value is -2.29. The maximum Gasteiger partial charge on any atom is 0.254 e. The van der Waals surface area contributed by atoms with Gasteiger partial charge < -0.3 is 9.80 Å². The summed E-state index contributed by atoms with van der Waals surface area (Å²) in [5.41, 5.74) is 5.73. The number of hydrogen-bond acceptors (Lipinski definition) is 2. The Bertz CT molecular complexity index is 695. The minimum atomic E-state index is 0.156.